The zero-order valence-electron chi connectivity index (χ0n) is 11.3. The van der Waals surface area contributed by atoms with Gasteiger partial charge in [-0.1, -0.05) is 35.9 Å². The number of nitrogens with zero attached hydrogens (tertiary/aromatic N) is 2. The Kier molecular flexibility index (Phi) is 3.45. The van der Waals surface area contributed by atoms with E-state index < -0.39 is 0 Å². The first-order valence-corrected chi connectivity index (χ1v) is 7.04. The Morgan fingerprint density at radius 2 is 2.10 bits per heavy atom. The van der Waals surface area contributed by atoms with Crippen molar-refractivity contribution in [1.29, 1.82) is 0 Å². The summed E-state index contributed by atoms with van der Waals surface area (Å²) in [6.45, 7) is 2.13. The van der Waals surface area contributed by atoms with Crippen LogP contribution in [0.4, 0.5) is 0 Å². The molecule has 102 valence electrons. The monoisotopic (exact) mass is 286 g/mol. The van der Waals surface area contributed by atoms with Crippen molar-refractivity contribution in [2.24, 2.45) is 0 Å². The summed E-state index contributed by atoms with van der Waals surface area (Å²) in [7, 11) is 0. The zero-order valence-corrected chi connectivity index (χ0v) is 12.0. The van der Waals surface area contributed by atoms with Gasteiger partial charge in [0.05, 0.1) is 6.54 Å². The Balaban J connectivity index is 2.13. The van der Waals surface area contributed by atoms with E-state index in [1.54, 1.807) is 13.1 Å². The third-order valence-corrected chi connectivity index (χ3v) is 3.80. The maximum absolute atomic E-state index is 12.0. The van der Waals surface area contributed by atoms with E-state index in [1.165, 1.54) is 0 Å². The second kappa shape index (κ2) is 5.25. The number of hydrogen-bond acceptors (Lipinski definition) is 2. The Labute approximate surface area is 123 Å². The molecule has 1 aliphatic carbocycles. The Morgan fingerprint density at radius 1 is 1.30 bits per heavy atom. The van der Waals surface area contributed by atoms with Gasteiger partial charge in [-0.05, 0) is 35.6 Å². The summed E-state index contributed by atoms with van der Waals surface area (Å²) in [6.07, 6.45) is 12.1. The molecule has 0 radical (unpaired) electrons. The number of pyridine rings is 1. The molecular formula is C16H15ClN2O. The number of aromatic nitrogens is 1. The second-order valence-electron chi connectivity index (χ2n) is 4.97. The number of carbonyl (C=O) groups excluding carboxylic acids is 1. The first kappa shape index (κ1) is 13.1. The van der Waals surface area contributed by atoms with E-state index in [1.807, 2.05) is 17.0 Å². The summed E-state index contributed by atoms with van der Waals surface area (Å²) in [5, 5.41) is 0.453. The fraction of sp³-hybridized carbons (Fsp3) is 0.250. The SMILES string of the molecule is CC(=O)N1Cc2cc(Cl)ncc2/C=C\C2=CCCC=C21. The molecule has 1 aliphatic heterocycles. The summed E-state index contributed by atoms with van der Waals surface area (Å²) in [4.78, 5) is 17.9. The van der Waals surface area contributed by atoms with Crippen LogP contribution in [0.1, 0.15) is 30.9 Å². The number of rotatable bonds is 0. The fourth-order valence-corrected chi connectivity index (χ4v) is 2.76. The van der Waals surface area contributed by atoms with Crippen LogP contribution >= 0.6 is 11.6 Å². The molecule has 4 heteroatoms. The lowest BCUT2D eigenvalue weighted by molar-refractivity contribution is -0.127. The number of fused-ring (bicyclic) bond motifs is 2. The highest BCUT2D eigenvalue weighted by Crippen LogP contribution is 2.29. The smallest absolute Gasteiger partial charge is 0.224 e. The van der Waals surface area contributed by atoms with Crippen molar-refractivity contribution >= 4 is 23.6 Å². The number of hydrogen-bond donors (Lipinski definition) is 0. The number of halogens is 1. The maximum Gasteiger partial charge on any atom is 0.224 e. The van der Waals surface area contributed by atoms with Crippen LogP contribution in [-0.4, -0.2) is 15.8 Å². The highest BCUT2D eigenvalue weighted by molar-refractivity contribution is 6.29. The molecule has 0 N–H and O–H groups in total. The van der Waals surface area contributed by atoms with E-state index >= 15 is 0 Å². The Morgan fingerprint density at radius 3 is 2.90 bits per heavy atom. The van der Waals surface area contributed by atoms with Gasteiger partial charge in [0.15, 0.2) is 0 Å². The van der Waals surface area contributed by atoms with E-state index in [0.29, 0.717) is 11.7 Å². The van der Waals surface area contributed by atoms with Crippen LogP contribution in [0.2, 0.25) is 5.15 Å². The van der Waals surface area contributed by atoms with E-state index in [4.69, 9.17) is 11.6 Å². The molecular weight excluding hydrogens is 272 g/mol. The summed E-state index contributed by atoms with van der Waals surface area (Å²) in [5.41, 5.74) is 4.12. The lowest BCUT2D eigenvalue weighted by Crippen LogP contribution is -2.30. The van der Waals surface area contributed by atoms with Gasteiger partial charge in [-0.2, -0.15) is 0 Å². The van der Waals surface area contributed by atoms with Gasteiger partial charge in [-0.3, -0.25) is 4.79 Å². The molecule has 0 atom stereocenters. The quantitative estimate of drug-likeness (QED) is 0.681. The van der Waals surface area contributed by atoms with Gasteiger partial charge in [0, 0.05) is 18.8 Å². The van der Waals surface area contributed by atoms with Crippen molar-refractivity contribution in [1.82, 2.24) is 9.88 Å². The minimum Gasteiger partial charge on any atom is -0.308 e. The molecule has 1 aromatic heterocycles. The third kappa shape index (κ3) is 2.41. The molecule has 0 fully saturated rings. The number of allylic oxidation sites excluding steroid dienone is 3. The van der Waals surface area contributed by atoms with E-state index in [-0.39, 0.29) is 5.91 Å². The van der Waals surface area contributed by atoms with Crippen molar-refractivity contribution in [2.45, 2.75) is 26.3 Å². The minimum absolute atomic E-state index is 0.0400. The summed E-state index contributed by atoms with van der Waals surface area (Å²) < 4.78 is 0. The average Bonchev–Trinajstić information content (AvgIpc) is 2.41. The normalized spacial score (nSPS) is 19.0. The van der Waals surface area contributed by atoms with Crippen LogP contribution in [0.5, 0.6) is 0 Å². The van der Waals surface area contributed by atoms with Gasteiger partial charge in [0.1, 0.15) is 5.15 Å². The Bertz CT molecular complexity index is 658. The molecule has 2 aliphatic rings. The molecule has 1 aromatic rings. The predicted molar refractivity (Wildman–Crippen MR) is 79.9 cm³/mol. The minimum atomic E-state index is 0.0400. The van der Waals surface area contributed by atoms with Gasteiger partial charge in [-0.15, -0.1) is 0 Å². The molecule has 3 nitrogen and oxygen atoms in total. The average molecular weight is 287 g/mol. The molecule has 0 saturated carbocycles. The zero-order chi connectivity index (χ0) is 14.1. The number of carbonyl (C=O) groups is 1. The van der Waals surface area contributed by atoms with Crippen LogP contribution in [0.3, 0.4) is 0 Å². The first-order chi connectivity index (χ1) is 9.65. The molecule has 0 saturated heterocycles. The maximum atomic E-state index is 12.0. The van der Waals surface area contributed by atoms with Crippen LogP contribution in [0.15, 0.2) is 41.8 Å². The van der Waals surface area contributed by atoms with Crippen molar-refractivity contribution in [2.75, 3.05) is 0 Å². The van der Waals surface area contributed by atoms with Crippen molar-refractivity contribution < 1.29 is 4.79 Å². The topological polar surface area (TPSA) is 33.2 Å². The molecule has 3 rings (SSSR count). The third-order valence-electron chi connectivity index (χ3n) is 3.60. The fourth-order valence-electron chi connectivity index (χ4n) is 2.58. The molecule has 0 spiro atoms. The van der Waals surface area contributed by atoms with Gasteiger partial charge in [0.25, 0.3) is 0 Å². The summed E-state index contributed by atoms with van der Waals surface area (Å²) >= 11 is 5.97. The predicted octanol–water partition coefficient (Wildman–Crippen LogP) is 3.71. The first-order valence-electron chi connectivity index (χ1n) is 6.66. The molecule has 0 bridgehead atoms. The largest absolute Gasteiger partial charge is 0.308 e. The van der Waals surface area contributed by atoms with Crippen LogP contribution in [-0.2, 0) is 11.3 Å². The van der Waals surface area contributed by atoms with Crippen molar-refractivity contribution in [3.8, 4) is 0 Å². The van der Waals surface area contributed by atoms with E-state index in [0.717, 1.165) is 35.2 Å². The number of amides is 1. The van der Waals surface area contributed by atoms with Gasteiger partial charge in [-0.25, -0.2) is 4.98 Å². The van der Waals surface area contributed by atoms with E-state index in [9.17, 15) is 4.79 Å². The van der Waals surface area contributed by atoms with Crippen LogP contribution < -0.4 is 0 Å². The summed E-state index contributed by atoms with van der Waals surface area (Å²) in [6, 6.07) is 1.83. The summed E-state index contributed by atoms with van der Waals surface area (Å²) in [5.74, 6) is 0.0400. The van der Waals surface area contributed by atoms with Gasteiger partial charge >= 0.3 is 0 Å². The molecule has 1 amide bonds. The molecule has 20 heavy (non-hydrogen) atoms. The standard InChI is InChI=1S/C16H15ClN2O/c1-11(20)19-10-14-8-16(17)18-9-13(14)7-6-12-4-2-3-5-15(12)19/h4-9H,2-3,10H2,1H3/b7-6-. The molecule has 2 heterocycles. The van der Waals surface area contributed by atoms with Crippen molar-refractivity contribution in [3.05, 3.63) is 58.0 Å². The van der Waals surface area contributed by atoms with Gasteiger partial charge < -0.3 is 4.90 Å². The second-order valence-corrected chi connectivity index (χ2v) is 5.36. The van der Waals surface area contributed by atoms with Crippen LogP contribution in [0.25, 0.3) is 6.08 Å². The van der Waals surface area contributed by atoms with Crippen molar-refractivity contribution in [3.63, 3.8) is 0 Å². The Hall–Kier alpha value is -1.87. The highest BCUT2D eigenvalue weighted by Gasteiger charge is 2.21. The highest BCUT2D eigenvalue weighted by atomic mass is 35.5. The van der Waals surface area contributed by atoms with Crippen LogP contribution in [0, 0.1) is 0 Å². The van der Waals surface area contributed by atoms with Gasteiger partial charge in [0.2, 0.25) is 5.91 Å². The molecule has 0 unspecified atom stereocenters. The van der Waals surface area contributed by atoms with E-state index in [2.05, 4.69) is 23.2 Å². The lowest BCUT2D eigenvalue weighted by Gasteiger charge is -2.29. The lowest BCUT2D eigenvalue weighted by atomic mass is 9.97. The molecule has 0 aromatic carbocycles.